The molecule has 7 heteroatoms. The summed E-state index contributed by atoms with van der Waals surface area (Å²) in [6, 6.07) is 11.8. The highest BCUT2D eigenvalue weighted by Crippen LogP contribution is 2.20. The fourth-order valence-corrected chi connectivity index (χ4v) is 3.79. The summed E-state index contributed by atoms with van der Waals surface area (Å²) in [5, 5.41) is 0. The smallest absolute Gasteiger partial charge is 0.311 e. The molecule has 0 heterocycles. The molecule has 0 saturated carbocycles. The van der Waals surface area contributed by atoms with E-state index in [2.05, 4.69) is 0 Å². The van der Waals surface area contributed by atoms with E-state index in [1.807, 2.05) is 26.0 Å². The van der Waals surface area contributed by atoms with E-state index in [1.54, 1.807) is 18.2 Å². The minimum Gasteiger partial charge on any atom is -0.497 e. The maximum Gasteiger partial charge on any atom is 0.311 e. The number of nitrogens with zero attached hydrogens (tertiary/aromatic N) is 1. The molecule has 0 aromatic heterocycles. The summed E-state index contributed by atoms with van der Waals surface area (Å²) in [6.07, 6.45) is 0.505. The van der Waals surface area contributed by atoms with Crippen molar-refractivity contribution in [1.29, 1.82) is 0 Å². The second kappa shape index (κ2) is 9.01. The number of hydrogen-bond donors (Lipinski definition) is 0. The van der Waals surface area contributed by atoms with Crippen LogP contribution in [0.4, 0.5) is 0 Å². The third-order valence-electron chi connectivity index (χ3n) is 4.18. The molecule has 2 rings (SSSR count). The van der Waals surface area contributed by atoms with Gasteiger partial charge < -0.3 is 9.47 Å². The Bertz CT molecular complexity index is 891. The Morgan fingerprint density at radius 1 is 1.07 bits per heavy atom. The first kappa shape index (κ1) is 20.9. The molecule has 0 amide bonds. The minimum absolute atomic E-state index is 0.135. The van der Waals surface area contributed by atoms with E-state index < -0.39 is 10.0 Å². The summed E-state index contributed by atoms with van der Waals surface area (Å²) < 4.78 is 36.7. The van der Waals surface area contributed by atoms with Crippen molar-refractivity contribution in [2.24, 2.45) is 0 Å². The lowest BCUT2D eigenvalue weighted by atomic mass is 10.1. The van der Waals surface area contributed by atoms with Crippen LogP contribution in [0.25, 0.3) is 0 Å². The number of ether oxygens (including phenoxy) is 2. The lowest BCUT2D eigenvalue weighted by molar-refractivity contribution is -0.134. The molecule has 0 saturated heterocycles. The van der Waals surface area contributed by atoms with E-state index in [9.17, 15) is 13.2 Å². The van der Waals surface area contributed by atoms with Gasteiger partial charge in [0.1, 0.15) is 11.5 Å². The fourth-order valence-electron chi connectivity index (χ4n) is 2.58. The van der Waals surface area contributed by atoms with Crippen LogP contribution in [0.15, 0.2) is 47.4 Å². The van der Waals surface area contributed by atoms with Gasteiger partial charge in [-0.25, -0.2) is 12.7 Å². The van der Waals surface area contributed by atoms with Crippen LogP contribution < -0.4 is 9.47 Å². The van der Waals surface area contributed by atoms with Crippen molar-refractivity contribution in [3.8, 4) is 11.5 Å². The first-order valence-corrected chi connectivity index (χ1v) is 10.1. The highest BCUT2D eigenvalue weighted by atomic mass is 32.2. The molecule has 0 aliphatic heterocycles. The lowest BCUT2D eigenvalue weighted by Gasteiger charge is -2.17. The Morgan fingerprint density at radius 3 is 2.33 bits per heavy atom. The van der Waals surface area contributed by atoms with E-state index in [1.165, 1.54) is 30.6 Å². The summed E-state index contributed by atoms with van der Waals surface area (Å²) >= 11 is 0. The lowest BCUT2D eigenvalue weighted by Crippen LogP contribution is -2.28. The number of benzene rings is 2. The van der Waals surface area contributed by atoms with Crippen molar-refractivity contribution < 1.29 is 22.7 Å². The van der Waals surface area contributed by atoms with Crippen LogP contribution in [0.5, 0.6) is 11.5 Å². The molecule has 0 fully saturated rings. The molecule has 2 aromatic rings. The number of carbonyl (C=O) groups excluding carboxylic acids is 1. The topological polar surface area (TPSA) is 72.9 Å². The third kappa shape index (κ3) is 5.55. The van der Waals surface area contributed by atoms with Crippen LogP contribution in [0.3, 0.4) is 0 Å². The van der Waals surface area contributed by atoms with E-state index in [0.29, 0.717) is 17.9 Å². The van der Waals surface area contributed by atoms with Gasteiger partial charge in [0.2, 0.25) is 10.0 Å². The highest BCUT2D eigenvalue weighted by Gasteiger charge is 2.20. The van der Waals surface area contributed by atoms with Gasteiger partial charge in [0.15, 0.2) is 0 Å². The molecule has 0 spiro atoms. The summed E-state index contributed by atoms with van der Waals surface area (Å²) in [6.45, 7) is 4.07. The molecule has 0 bridgehead atoms. The fraction of sp³-hybridized carbons (Fsp3) is 0.350. The largest absolute Gasteiger partial charge is 0.497 e. The molecule has 0 aliphatic carbocycles. The molecular weight excluding hydrogens is 366 g/mol. The number of aryl methyl sites for hydroxylation is 2. The van der Waals surface area contributed by atoms with Crippen LogP contribution >= 0.6 is 0 Å². The van der Waals surface area contributed by atoms with E-state index in [4.69, 9.17) is 9.47 Å². The summed E-state index contributed by atoms with van der Waals surface area (Å²) in [5.74, 6) is 0.743. The maximum atomic E-state index is 12.5. The van der Waals surface area contributed by atoms with Gasteiger partial charge in [-0.3, -0.25) is 4.79 Å². The Hall–Kier alpha value is -2.38. The number of carbonyl (C=O) groups is 1. The van der Waals surface area contributed by atoms with Gasteiger partial charge in [-0.05, 0) is 56.2 Å². The number of methoxy groups -OCH3 is 1. The second-order valence-corrected chi connectivity index (χ2v) is 8.39. The molecule has 0 atom stereocenters. The molecule has 6 nitrogen and oxygen atoms in total. The van der Waals surface area contributed by atoms with E-state index in [-0.39, 0.29) is 23.8 Å². The van der Waals surface area contributed by atoms with Crippen molar-refractivity contribution in [2.75, 3.05) is 20.7 Å². The molecule has 0 aliphatic rings. The van der Waals surface area contributed by atoms with Crippen molar-refractivity contribution in [3.63, 3.8) is 0 Å². The van der Waals surface area contributed by atoms with Gasteiger partial charge >= 0.3 is 5.97 Å². The van der Waals surface area contributed by atoms with Crippen molar-refractivity contribution >= 4 is 16.0 Å². The molecule has 2 aromatic carbocycles. The van der Waals surface area contributed by atoms with Crippen molar-refractivity contribution in [1.82, 2.24) is 4.31 Å². The van der Waals surface area contributed by atoms with Gasteiger partial charge in [-0.1, -0.05) is 17.7 Å². The third-order valence-corrected chi connectivity index (χ3v) is 6.05. The zero-order valence-corrected chi connectivity index (χ0v) is 16.9. The van der Waals surface area contributed by atoms with Gasteiger partial charge in [0.05, 0.1) is 12.0 Å². The molecule has 0 N–H and O–H groups in total. The van der Waals surface area contributed by atoms with E-state index in [0.717, 1.165) is 11.1 Å². The zero-order chi connectivity index (χ0) is 20.0. The van der Waals surface area contributed by atoms with Crippen LogP contribution in [0, 0.1) is 13.8 Å². The van der Waals surface area contributed by atoms with Crippen LogP contribution in [0.1, 0.15) is 24.0 Å². The maximum absolute atomic E-state index is 12.5. The molecule has 27 heavy (non-hydrogen) atoms. The van der Waals surface area contributed by atoms with Crippen molar-refractivity contribution in [3.05, 3.63) is 53.6 Å². The van der Waals surface area contributed by atoms with E-state index >= 15 is 0 Å². The van der Waals surface area contributed by atoms with Crippen LogP contribution in [-0.4, -0.2) is 39.4 Å². The number of hydrogen-bond acceptors (Lipinski definition) is 5. The quantitative estimate of drug-likeness (QED) is 0.510. The molecule has 146 valence electrons. The second-order valence-electron chi connectivity index (χ2n) is 6.35. The standard InChI is InChI=1S/C20H25NO5S/c1-15-7-12-19(16(2)14-15)26-20(22)6-5-13-21(3)27(23,24)18-10-8-17(25-4)9-11-18/h7-12,14H,5-6,13H2,1-4H3. The van der Waals surface area contributed by atoms with Crippen LogP contribution in [0.2, 0.25) is 0 Å². The van der Waals surface area contributed by atoms with Gasteiger partial charge in [0.25, 0.3) is 0 Å². The molecule has 0 unspecified atom stereocenters. The van der Waals surface area contributed by atoms with Crippen molar-refractivity contribution in [2.45, 2.75) is 31.6 Å². The Labute approximate surface area is 160 Å². The molecule has 0 radical (unpaired) electrons. The number of sulfonamides is 1. The zero-order valence-electron chi connectivity index (χ0n) is 16.1. The first-order chi connectivity index (χ1) is 12.7. The highest BCUT2D eigenvalue weighted by molar-refractivity contribution is 7.89. The van der Waals surface area contributed by atoms with Gasteiger partial charge in [-0.15, -0.1) is 0 Å². The predicted molar refractivity (Wildman–Crippen MR) is 104 cm³/mol. The van der Waals surface area contributed by atoms with Gasteiger partial charge in [-0.2, -0.15) is 0 Å². The Balaban J connectivity index is 1.88. The summed E-state index contributed by atoms with van der Waals surface area (Å²) in [5.41, 5.74) is 1.99. The number of rotatable bonds is 8. The average Bonchev–Trinajstić information content (AvgIpc) is 2.64. The Morgan fingerprint density at radius 2 is 1.74 bits per heavy atom. The summed E-state index contributed by atoms with van der Waals surface area (Å²) in [4.78, 5) is 12.2. The Kier molecular flexibility index (Phi) is 6.98. The minimum atomic E-state index is -3.61. The van der Waals surface area contributed by atoms with Gasteiger partial charge in [0, 0.05) is 20.0 Å². The normalized spacial score (nSPS) is 11.4. The SMILES string of the molecule is COc1ccc(S(=O)(=O)N(C)CCCC(=O)Oc2ccc(C)cc2C)cc1. The first-order valence-electron chi connectivity index (χ1n) is 8.62. The average molecular weight is 391 g/mol. The molecular formula is C20H25NO5S. The summed E-state index contributed by atoms with van der Waals surface area (Å²) in [7, 11) is -0.591. The predicted octanol–water partition coefficient (Wildman–Crippen LogP) is 3.32. The monoisotopic (exact) mass is 391 g/mol. The van der Waals surface area contributed by atoms with Crippen LogP contribution in [-0.2, 0) is 14.8 Å². The number of esters is 1.